The molecule has 2 saturated heterocycles. The van der Waals surface area contributed by atoms with Crippen LogP contribution in [0.4, 0.5) is 0 Å². The minimum Gasteiger partial charge on any atom is -0.460 e. The Labute approximate surface area is 145 Å². The lowest BCUT2D eigenvalue weighted by Gasteiger charge is -2.38. The van der Waals surface area contributed by atoms with Gasteiger partial charge in [-0.3, -0.25) is 9.78 Å². The number of pyridine rings is 1. The van der Waals surface area contributed by atoms with Crippen molar-refractivity contribution in [2.45, 2.75) is 30.0 Å². The number of carbonyl (C=O) groups excluding carboxylic acids is 2. The van der Waals surface area contributed by atoms with Crippen LogP contribution in [0.5, 0.6) is 0 Å². The van der Waals surface area contributed by atoms with E-state index in [1.54, 1.807) is 24.4 Å². The van der Waals surface area contributed by atoms with Crippen molar-refractivity contribution in [3.05, 3.63) is 48.3 Å². The van der Waals surface area contributed by atoms with E-state index >= 15 is 0 Å². The van der Waals surface area contributed by atoms with E-state index in [2.05, 4.69) is 11.6 Å². The molecule has 1 aromatic rings. The molecule has 0 aromatic carbocycles. The molecule has 0 radical (unpaired) electrons. The van der Waals surface area contributed by atoms with Crippen LogP contribution in [0.2, 0.25) is 0 Å². The van der Waals surface area contributed by atoms with Crippen LogP contribution in [0.1, 0.15) is 19.5 Å². The first-order valence-corrected chi connectivity index (χ1v) is 9.24. The highest BCUT2D eigenvalue weighted by Gasteiger charge is 2.70. The smallest absolute Gasteiger partial charge is 0.330 e. The summed E-state index contributed by atoms with van der Waals surface area (Å²) in [6.45, 7) is 6.28. The van der Waals surface area contributed by atoms with Crippen molar-refractivity contribution >= 4 is 27.8 Å². The van der Waals surface area contributed by atoms with E-state index in [0.29, 0.717) is 5.69 Å². The maximum absolute atomic E-state index is 12.9. The van der Waals surface area contributed by atoms with Crippen molar-refractivity contribution in [3.8, 4) is 0 Å². The highest BCUT2D eigenvalue weighted by molar-refractivity contribution is 7.94. The number of rotatable bonds is 4. The van der Waals surface area contributed by atoms with Crippen LogP contribution in [0.3, 0.4) is 0 Å². The third-order valence-electron chi connectivity index (χ3n) is 4.52. The lowest BCUT2D eigenvalue weighted by Crippen LogP contribution is -2.59. The lowest BCUT2D eigenvalue weighted by molar-refractivity contribution is -0.156. The molecule has 0 N–H and O–H groups in total. The lowest BCUT2D eigenvalue weighted by atomic mass is 9.95. The van der Waals surface area contributed by atoms with Crippen LogP contribution in [-0.2, 0) is 24.2 Å². The standard InChI is InChI=1S/C17H18N2O5S/c1-4-9-24-16(21)13-17(2,3)25(22,23)15-12(14(20)19(13)15)10-11-7-5-6-8-18-11/h4-8,10,13,15H,1,9H2,2-3H3/b12-10+/t13-,15+/m0/s1. The summed E-state index contributed by atoms with van der Waals surface area (Å²) >= 11 is 0. The molecule has 2 aliphatic heterocycles. The molecule has 25 heavy (non-hydrogen) atoms. The van der Waals surface area contributed by atoms with Crippen molar-refractivity contribution in [1.29, 1.82) is 0 Å². The van der Waals surface area contributed by atoms with Gasteiger partial charge in [0.1, 0.15) is 11.4 Å². The SMILES string of the molecule is C=CCOC(=O)[C@@H]1N2C(=O)/C(=C\c3ccccn3)[C@H]2S(=O)(=O)C1(C)C. The maximum atomic E-state index is 12.9. The Morgan fingerprint density at radius 3 is 2.76 bits per heavy atom. The molecule has 0 unspecified atom stereocenters. The topological polar surface area (TPSA) is 93.6 Å². The highest BCUT2D eigenvalue weighted by Crippen LogP contribution is 2.49. The molecule has 8 heteroatoms. The largest absolute Gasteiger partial charge is 0.460 e. The van der Waals surface area contributed by atoms with E-state index in [-0.39, 0.29) is 12.2 Å². The molecular formula is C17H18N2O5S. The summed E-state index contributed by atoms with van der Waals surface area (Å²) < 4.78 is 29.4. The number of sulfone groups is 1. The number of fused-ring (bicyclic) bond motifs is 1. The second-order valence-electron chi connectivity index (χ2n) is 6.39. The van der Waals surface area contributed by atoms with Gasteiger partial charge >= 0.3 is 5.97 Å². The monoisotopic (exact) mass is 362 g/mol. The number of ether oxygens (including phenoxy) is 1. The number of esters is 1. The predicted octanol–water partition coefficient (Wildman–Crippen LogP) is 0.938. The molecule has 2 aliphatic rings. The normalized spacial score (nSPS) is 27.5. The van der Waals surface area contributed by atoms with E-state index in [1.807, 2.05) is 0 Å². The molecule has 7 nitrogen and oxygen atoms in total. The molecule has 0 spiro atoms. The molecule has 2 fully saturated rings. The summed E-state index contributed by atoms with van der Waals surface area (Å²) in [5, 5.41) is -1.15. The van der Waals surface area contributed by atoms with E-state index < -0.39 is 37.9 Å². The highest BCUT2D eigenvalue weighted by atomic mass is 32.2. The number of hydrogen-bond donors (Lipinski definition) is 0. The molecule has 1 amide bonds. The van der Waals surface area contributed by atoms with Gasteiger partial charge in [0.2, 0.25) is 0 Å². The molecule has 3 heterocycles. The van der Waals surface area contributed by atoms with Crippen molar-refractivity contribution in [2.75, 3.05) is 6.61 Å². The van der Waals surface area contributed by atoms with Crippen molar-refractivity contribution in [1.82, 2.24) is 9.88 Å². The van der Waals surface area contributed by atoms with Crippen LogP contribution in [0.15, 0.2) is 42.6 Å². The first-order valence-electron chi connectivity index (χ1n) is 7.69. The Kier molecular flexibility index (Phi) is 4.03. The molecule has 0 saturated carbocycles. The van der Waals surface area contributed by atoms with Crippen LogP contribution in [-0.4, -0.2) is 52.9 Å². The quantitative estimate of drug-likeness (QED) is 0.342. The van der Waals surface area contributed by atoms with Gasteiger partial charge in [0, 0.05) is 6.20 Å². The fourth-order valence-electron chi connectivity index (χ4n) is 3.16. The first-order chi connectivity index (χ1) is 11.7. The van der Waals surface area contributed by atoms with E-state index in [9.17, 15) is 18.0 Å². The van der Waals surface area contributed by atoms with Gasteiger partial charge in [-0.05, 0) is 32.1 Å². The van der Waals surface area contributed by atoms with Crippen LogP contribution >= 0.6 is 0 Å². The Balaban J connectivity index is 2.02. The van der Waals surface area contributed by atoms with Gasteiger partial charge in [-0.25, -0.2) is 13.2 Å². The van der Waals surface area contributed by atoms with Crippen LogP contribution in [0.25, 0.3) is 6.08 Å². The Morgan fingerprint density at radius 1 is 1.44 bits per heavy atom. The molecular weight excluding hydrogens is 344 g/mol. The number of β-lactam (4-membered cyclic amide) rings is 1. The van der Waals surface area contributed by atoms with Gasteiger partial charge in [0.15, 0.2) is 21.3 Å². The zero-order valence-corrected chi connectivity index (χ0v) is 14.7. The van der Waals surface area contributed by atoms with Gasteiger partial charge in [0.25, 0.3) is 5.91 Å². The average Bonchev–Trinajstić information content (AvgIpc) is 2.72. The number of carbonyl (C=O) groups is 2. The average molecular weight is 362 g/mol. The zero-order chi connectivity index (χ0) is 18.4. The van der Waals surface area contributed by atoms with E-state index in [1.165, 1.54) is 26.0 Å². The van der Waals surface area contributed by atoms with Gasteiger partial charge in [-0.15, -0.1) is 0 Å². The van der Waals surface area contributed by atoms with Crippen LogP contribution in [0, 0.1) is 0 Å². The fraction of sp³-hybridized carbons (Fsp3) is 0.353. The molecule has 132 valence electrons. The third kappa shape index (κ3) is 2.39. The summed E-state index contributed by atoms with van der Waals surface area (Å²) in [7, 11) is -3.80. The van der Waals surface area contributed by atoms with Crippen LogP contribution < -0.4 is 0 Å². The summed E-state index contributed by atoms with van der Waals surface area (Å²) in [5.41, 5.74) is 0.599. The van der Waals surface area contributed by atoms with E-state index in [0.717, 1.165) is 4.90 Å². The molecule has 0 aliphatic carbocycles. The summed E-state index contributed by atoms with van der Waals surface area (Å²) in [5.74, 6) is -1.24. The van der Waals surface area contributed by atoms with Gasteiger partial charge < -0.3 is 9.64 Å². The molecule has 1 aromatic heterocycles. The predicted molar refractivity (Wildman–Crippen MR) is 90.8 cm³/mol. The second kappa shape index (κ2) is 5.80. The molecule has 0 bridgehead atoms. The fourth-order valence-corrected chi connectivity index (χ4v) is 5.28. The summed E-state index contributed by atoms with van der Waals surface area (Å²) in [6.07, 6.45) is 4.39. The Bertz CT molecular complexity index is 874. The van der Waals surface area contributed by atoms with Crippen molar-refractivity contribution in [2.24, 2.45) is 0 Å². The first kappa shape index (κ1) is 17.3. The summed E-state index contributed by atoms with van der Waals surface area (Å²) in [6, 6.07) is 3.95. The minimum absolute atomic E-state index is 0.0468. The van der Waals surface area contributed by atoms with Gasteiger partial charge in [0.05, 0.1) is 11.3 Å². The van der Waals surface area contributed by atoms with E-state index in [4.69, 9.17) is 4.74 Å². The summed E-state index contributed by atoms with van der Waals surface area (Å²) in [4.78, 5) is 30.1. The van der Waals surface area contributed by atoms with Gasteiger partial charge in [-0.2, -0.15) is 0 Å². The Hall–Kier alpha value is -2.48. The maximum Gasteiger partial charge on any atom is 0.330 e. The number of aromatic nitrogens is 1. The molecule has 2 atom stereocenters. The second-order valence-corrected chi connectivity index (χ2v) is 8.98. The van der Waals surface area contributed by atoms with Crippen molar-refractivity contribution in [3.63, 3.8) is 0 Å². The number of hydrogen-bond acceptors (Lipinski definition) is 6. The van der Waals surface area contributed by atoms with Gasteiger partial charge in [-0.1, -0.05) is 18.7 Å². The number of amides is 1. The third-order valence-corrected chi connectivity index (χ3v) is 7.28. The number of nitrogens with zero attached hydrogens (tertiary/aromatic N) is 2. The zero-order valence-electron chi connectivity index (χ0n) is 13.9. The Morgan fingerprint density at radius 2 is 2.16 bits per heavy atom. The van der Waals surface area contributed by atoms with Crippen molar-refractivity contribution < 1.29 is 22.7 Å². The molecule has 3 rings (SSSR count). The minimum atomic E-state index is -3.80.